The highest BCUT2D eigenvalue weighted by Gasteiger charge is 2.33. The summed E-state index contributed by atoms with van der Waals surface area (Å²) < 4.78 is 35.1. The lowest BCUT2D eigenvalue weighted by Crippen LogP contribution is -2.33. The first-order valence-corrected chi connectivity index (χ1v) is 19.0. The van der Waals surface area contributed by atoms with Crippen LogP contribution in [0.5, 0.6) is 11.5 Å². The molecule has 1 aromatic carbocycles. The average molecular weight is 584 g/mol. The van der Waals surface area contributed by atoms with Crippen molar-refractivity contribution in [2.45, 2.75) is 85.9 Å². The molecule has 0 bridgehead atoms. The molecule has 1 heterocycles. The molecule has 0 fully saturated rings. The Labute approximate surface area is 234 Å². The summed E-state index contributed by atoms with van der Waals surface area (Å²) >= 11 is 0. The van der Waals surface area contributed by atoms with E-state index in [1.165, 1.54) is 11.8 Å². The minimum atomic E-state index is -3.81. The summed E-state index contributed by atoms with van der Waals surface area (Å²) in [4.78, 5) is 36.7. The molecule has 2 rings (SSSR count). The first-order chi connectivity index (χ1) is 18.1. The van der Waals surface area contributed by atoms with Crippen LogP contribution in [-0.2, 0) is 31.6 Å². The van der Waals surface area contributed by atoms with Crippen LogP contribution in [0.15, 0.2) is 11.6 Å². The maximum atomic E-state index is 12.7. The number of nitrogens with zero attached hydrogens (tertiary/aromatic N) is 1. The molecule has 0 saturated heterocycles. The standard InChI is InChI=1S/C28H46NO8PSi/c1-10-20(3)37-38(32,33)15-13-29(22(5)30)17-19(2)11-12-23-26(34-6)21(4)24-18-36-28(31)25(24)27(23)35-14-16-39(7,8)9/h11,20H,10,12-18H2,1-9H3,(H,32,33). The van der Waals surface area contributed by atoms with E-state index in [-0.39, 0.29) is 31.3 Å². The minimum absolute atomic E-state index is 0.100. The van der Waals surface area contributed by atoms with Crippen molar-refractivity contribution in [1.82, 2.24) is 4.90 Å². The second kappa shape index (κ2) is 14.0. The van der Waals surface area contributed by atoms with Gasteiger partial charge in [0.15, 0.2) is 0 Å². The molecule has 1 aliphatic heterocycles. The molecule has 0 radical (unpaired) electrons. The third kappa shape index (κ3) is 9.48. The molecule has 0 aromatic heterocycles. The van der Waals surface area contributed by atoms with E-state index in [0.717, 1.165) is 28.3 Å². The quantitative estimate of drug-likeness (QED) is 0.121. The largest absolute Gasteiger partial charge is 0.496 e. The van der Waals surface area contributed by atoms with Crippen LogP contribution >= 0.6 is 7.60 Å². The SMILES string of the molecule is CCC(C)OP(=O)(O)CCN(CC(C)=CCc1c(OC)c(C)c2c(c1OCC[Si](C)(C)C)C(=O)OC2)C(C)=O. The normalized spacial score (nSPS) is 15.8. The van der Waals surface area contributed by atoms with Crippen LogP contribution < -0.4 is 9.47 Å². The van der Waals surface area contributed by atoms with Gasteiger partial charge in [-0.1, -0.05) is 38.2 Å². The van der Waals surface area contributed by atoms with Crippen molar-refractivity contribution < 1.29 is 37.8 Å². The number of rotatable bonds is 15. The van der Waals surface area contributed by atoms with E-state index in [0.29, 0.717) is 43.1 Å². The van der Waals surface area contributed by atoms with Gasteiger partial charge in [0.25, 0.3) is 0 Å². The van der Waals surface area contributed by atoms with Crippen molar-refractivity contribution in [3.8, 4) is 11.5 Å². The van der Waals surface area contributed by atoms with Gasteiger partial charge in [0.1, 0.15) is 23.7 Å². The van der Waals surface area contributed by atoms with Gasteiger partial charge in [0, 0.05) is 39.2 Å². The number of methoxy groups -OCH3 is 1. The fraction of sp³-hybridized carbons (Fsp3) is 0.643. The first kappa shape index (κ1) is 33.1. The molecule has 0 spiro atoms. The maximum Gasteiger partial charge on any atom is 0.342 e. The lowest BCUT2D eigenvalue weighted by atomic mass is 9.94. The number of hydrogen-bond acceptors (Lipinski definition) is 7. The number of ether oxygens (including phenoxy) is 3. The fourth-order valence-corrected chi connectivity index (χ4v) is 6.30. The predicted molar refractivity (Wildman–Crippen MR) is 156 cm³/mol. The Morgan fingerprint density at radius 2 is 1.92 bits per heavy atom. The van der Waals surface area contributed by atoms with Gasteiger partial charge in [-0.2, -0.15) is 0 Å². The average Bonchev–Trinajstić information content (AvgIpc) is 3.22. The highest BCUT2D eigenvalue weighted by atomic mass is 31.2. The Morgan fingerprint density at radius 1 is 1.26 bits per heavy atom. The third-order valence-electron chi connectivity index (χ3n) is 6.84. The van der Waals surface area contributed by atoms with Crippen molar-refractivity contribution in [3.63, 3.8) is 0 Å². The van der Waals surface area contributed by atoms with Crippen LogP contribution in [0.25, 0.3) is 0 Å². The number of amides is 1. The Morgan fingerprint density at radius 3 is 2.49 bits per heavy atom. The van der Waals surface area contributed by atoms with Crippen LogP contribution in [0.1, 0.15) is 61.2 Å². The summed E-state index contributed by atoms with van der Waals surface area (Å²) in [6.07, 6.45) is 2.54. The maximum absolute atomic E-state index is 12.7. The zero-order chi connectivity index (χ0) is 29.5. The van der Waals surface area contributed by atoms with E-state index in [1.54, 1.807) is 14.0 Å². The Balaban J connectivity index is 2.30. The van der Waals surface area contributed by atoms with Gasteiger partial charge >= 0.3 is 13.6 Å². The van der Waals surface area contributed by atoms with E-state index in [4.69, 9.17) is 18.7 Å². The number of esters is 1. The molecule has 1 N–H and O–H groups in total. The lowest BCUT2D eigenvalue weighted by molar-refractivity contribution is -0.128. The first-order valence-electron chi connectivity index (χ1n) is 13.5. The Hall–Kier alpha value is -2.13. The van der Waals surface area contributed by atoms with Crippen molar-refractivity contribution in [2.24, 2.45) is 0 Å². The molecule has 220 valence electrons. The van der Waals surface area contributed by atoms with Gasteiger partial charge in [-0.25, -0.2) is 4.79 Å². The van der Waals surface area contributed by atoms with Crippen LogP contribution in [0.4, 0.5) is 0 Å². The number of cyclic esters (lactones) is 1. The molecule has 2 atom stereocenters. The smallest absolute Gasteiger partial charge is 0.342 e. The zero-order valence-corrected chi connectivity index (χ0v) is 26.9. The van der Waals surface area contributed by atoms with Crippen LogP contribution in [0.3, 0.4) is 0 Å². The summed E-state index contributed by atoms with van der Waals surface area (Å²) in [6.45, 7) is 16.8. The van der Waals surface area contributed by atoms with Gasteiger partial charge in [0.2, 0.25) is 5.91 Å². The van der Waals surface area contributed by atoms with Gasteiger partial charge in [0.05, 0.1) is 26.0 Å². The number of hydrogen-bond donors (Lipinski definition) is 1. The van der Waals surface area contributed by atoms with Gasteiger partial charge in [-0.3, -0.25) is 9.36 Å². The molecule has 1 aliphatic rings. The monoisotopic (exact) mass is 583 g/mol. The summed E-state index contributed by atoms with van der Waals surface area (Å²) in [6, 6.07) is 0.935. The Bertz CT molecular complexity index is 1130. The molecule has 0 aliphatic carbocycles. The summed E-state index contributed by atoms with van der Waals surface area (Å²) in [5.74, 6) is 0.571. The van der Waals surface area contributed by atoms with Crippen LogP contribution in [-0.4, -0.2) is 68.8 Å². The molecular weight excluding hydrogens is 537 g/mol. The topological polar surface area (TPSA) is 112 Å². The highest BCUT2D eigenvalue weighted by Crippen LogP contribution is 2.44. The number of benzene rings is 1. The van der Waals surface area contributed by atoms with Crippen molar-refractivity contribution >= 4 is 27.5 Å². The minimum Gasteiger partial charge on any atom is -0.496 e. The molecular formula is C28H46NO8PSi. The molecule has 1 amide bonds. The number of fused-ring (bicyclic) bond motifs is 1. The predicted octanol–water partition coefficient (Wildman–Crippen LogP) is 5.73. The molecule has 11 heteroatoms. The Kier molecular flexibility index (Phi) is 11.8. The highest BCUT2D eigenvalue weighted by molar-refractivity contribution is 7.52. The van der Waals surface area contributed by atoms with Crippen molar-refractivity contribution in [1.29, 1.82) is 0 Å². The number of allylic oxidation sites excluding steroid dienone is 1. The second-order valence-electron chi connectivity index (χ2n) is 11.4. The summed E-state index contributed by atoms with van der Waals surface area (Å²) in [5, 5.41) is 0. The zero-order valence-electron chi connectivity index (χ0n) is 25.0. The van der Waals surface area contributed by atoms with Gasteiger partial charge < -0.3 is 28.5 Å². The second-order valence-corrected chi connectivity index (χ2v) is 19.0. The van der Waals surface area contributed by atoms with E-state index in [9.17, 15) is 19.0 Å². The lowest BCUT2D eigenvalue weighted by Gasteiger charge is -2.24. The molecule has 9 nitrogen and oxygen atoms in total. The number of carbonyl (C=O) groups is 2. The summed E-state index contributed by atoms with van der Waals surface area (Å²) in [7, 11) is -3.58. The van der Waals surface area contributed by atoms with Crippen LogP contribution in [0.2, 0.25) is 25.7 Å². The molecule has 1 aromatic rings. The van der Waals surface area contributed by atoms with E-state index in [2.05, 4.69) is 19.6 Å². The molecule has 2 unspecified atom stereocenters. The van der Waals surface area contributed by atoms with Gasteiger partial charge in [-0.05, 0) is 45.2 Å². The van der Waals surface area contributed by atoms with Crippen molar-refractivity contribution in [2.75, 3.05) is 33.0 Å². The van der Waals surface area contributed by atoms with Crippen LogP contribution in [0, 0.1) is 6.92 Å². The van der Waals surface area contributed by atoms with E-state index < -0.39 is 21.6 Å². The van der Waals surface area contributed by atoms with E-state index in [1.807, 2.05) is 26.8 Å². The third-order valence-corrected chi connectivity index (χ3v) is 10.00. The molecule has 39 heavy (non-hydrogen) atoms. The fourth-order valence-electron chi connectivity index (χ4n) is 4.27. The summed E-state index contributed by atoms with van der Waals surface area (Å²) in [5.41, 5.74) is 3.76. The van der Waals surface area contributed by atoms with Crippen molar-refractivity contribution in [3.05, 3.63) is 33.9 Å². The molecule has 0 saturated carbocycles. The van der Waals surface area contributed by atoms with Gasteiger partial charge in [-0.15, -0.1) is 0 Å². The van der Waals surface area contributed by atoms with E-state index >= 15 is 0 Å². The number of carbonyl (C=O) groups excluding carboxylic acids is 2.